The number of halogens is 1. The zero-order valence-corrected chi connectivity index (χ0v) is 17.9. The summed E-state index contributed by atoms with van der Waals surface area (Å²) in [5.41, 5.74) is 3.52. The van der Waals surface area contributed by atoms with E-state index in [9.17, 15) is 4.79 Å². The molecule has 1 aliphatic rings. The highest BCUT2D eigenvalue weighted by Crippen LogP contribution is 2.26. The van der Waals surface area contributed by atoms with Crippen molar-refractivity contribution in [1.29, 1.82) is 0 Å². The molecule has 1 saturated heterocycles. The van der Waals surface area contributed by atoms with Gasteiger partial charge in [0.1, 0.15) is 0 Å². The number of likely N-dealkylation sites (tertiary alicyclic amines) is 1. The fourth-order valence-electron chi connectivity index (χ4n) is 3.89. The quantitative estimate of drug-likeness (QED) is 0.587. The fourth-order valence-corrected chi connectivity index (χ4v) is 4.01. The van der Waals surface area contributed by atoms with Crippen molar-refractivity contribution in [3.63, 3.8) is 0 Å². The maximum Gasteiger partial charge on any atom is 0.273 e. The number of nitrogens with zero attached hydrogens (tertiary/aromatic N) is 2. The molecular formula is C24H26ClN3O2. The molecule has 4 rings (SSSR count). The Bertz CT molecular complexity index is 976. The van der Waals surface area contributed by atoms with E-state index in [-0.39, 0.29) is 11.9 Å². The van der Waals surface area contributed by atoms with Crippen molar-refractivity contribution in [3.8, 4) is 11.3 Å². The molecule has 30 heavy (non-hydrogen) atoms. The normalized spacial score (nSPS) is 15.7. The molecule has 1 fully saturated rings. The molecule has 1 N–H and O–H groups in total. The molecule has 1 atom stereocenters. The van der Waals surface area contributed by atoms with Gasteiger partial charge in [-0.05, 0) is 50.6 Å². The van der Waals surface area contributed by atoms with Crippen LogP contribution in [0.25, 0.3) is 11.3 Å². The zero-order chi connectivity index (χ0) is 20.9. The van der Waals surface area contributed by atoms with Gasteiger partial charge in [-0.15, -0.1) is 0 Å². The minimum absolute atomic E-state index is 0.106. The smallest absolute Gasteiger partial charge is 0.273 e. The Labute approximate surface area is 182 Å². The third-order valence-electron chi connectivity index (χ3n) is 5.62. The lowest BCUT2D eigenvalue weighted by atomic mass is 10.0. The number of piperidine rings is 1. The number of aromatic nitrogens is 1. The van der Waals surface area contributed by atoms with Crippen LogP contribution in [0.15, 0.2) is 59.1 Å². The molecule has 2 aromatic carbocycles. The first-order chi connectivity index (χ1) is 14.6. The van der Waals surface area contributed by atoms with Crippen LogP contribution in [0.3, 0.4) is 0 Å². The van der Waals surface area contributed by atoms with Crippen LogP contribution in [0.2, 0.25) is 5.02 Å². The van der Waals surface area contributed by atoms with E-state index in [0.717, 1.165) is 24.2 Å². The van der Waals surface area contributed by atoms with Crippen molar-refractivity contribution in [3.05, 3.63) is 76.4 Å². The summed E-state index contributed by atoms with van der Waals surface area (Å²) in [5, 5.41) is 7.73. The van der Waals surface area contributed by atoms with Crippen molar-refractivity contribution in [2.75, 3.05) is 19.6 Å². The Morgan fingerprint density at radius 2 is 1.80 bits per heavy atom. The van der Waals surface area contributed by atoms with Crippen LogP contribution in [0, 0.1) is 6.92 Å². The minimum atomic E-state index is -0.229. The summed E-state index contributed by atoms with van der Waals surface area (Å²) in [4.78, 5) is 15.2. The van der Waals surface area contributed by atoms with Gasteiger partial charge in [0.25, 0.3) is 5.91 Å². The number of hydrogen-bond donors (Lipinski definition) is 1. The second-order valence-corrected chi connectivity index (χ2v) is 8.25. The van der Waals surface area contributed by atoms with Gasteiger partial charge in [0.15, 0.2) is 11.5 Å². The largest absolute Gasteiger partial charge is 0.355 e. The van der Waals surface area contributed by atoms with E-state index in [1.807, 2.05) is 55.5 Å². The lowest BCUT2D eigenvalue weighted by molar-refractivity contribution is 0.0915. The predicted octanol–water partition coefficient (Wildman–Crippen LogP) is 5.26. The average molecular weight is 424 g/mol. The van der Waals surface area contributed by atoms with E-state index in [2.05, 4.69) is 15.4 Å². The standard InChI is InChI=1S/C24H26ClN3O2/c1-17-5-7-19(8-6-17)23-15-21(27-30-23)24(29)26-16-22(28-13-3-2-4-14-28)18-9-11-20(25)12-10-18/h5-12,15,22H,2-4,13-14,16H2,1H3,(H,26,29)/t22-/m1/s1. The van der Waals surface area contributed by atoms with Crippen LogP contribution in [0.5, 0.6) is 0 Å². The number of hydrogen-bond acceptors (Lipinski definition) is 4. The molecule has 0 bridgehead atoms. The van der Waals surface area contributed by atoms with Crippen molar-refractivity contribution < 1.29 is 9.32 Å². The van der Waals surface area contributed by atoms with Crippen molar-refractivity contribution in [2.45, 2.75) is 32.2 Å². The molecule has 2 heterocycles. The fraction of sp³-hybridized carbons (Fsp3) is 0.333. The molecule has 3 aromatic rings. The Balaban J connectivity index is 1.45. The van der Waals surface area contributed by atoms with E-state index < -0.39 is 0 Å². The molecule has 0 unspecified atom stereocenters. The first kappa shape index (κ1) is 20.6. The van der Waals surface area contributed by atoms with E-state index in [0.29, 0.717) is 23.0 Å². The van der Waals surface area contributed by atoms with Crippen LogP contribution in [-0.2, 0) is 0 Å². The van der Waals surface area contributed by atoms with E-state index in [1.165, 1.54) is 24.8 Å². The maximum absolute atomic E-state index is 12.7. The van der Waals surface area contributed by atoms with Gasteiger partial charge >= 0.3 is 0 Å². The third-order valence-corrected chi connectivity index (χ3v) is 5.87. The summed E-state index contributed by atoms with van der Waals surface area (Å²) < 4.78 is 5.40. The lowest BCUT2D eigenvalue weighted by Gasteiger charge is -2.35. The number of carbonyl (C=O) groups excluding carboxylic acids is 1. The topological polar surface area (TPSA) is 58.4 Å². The third kappa shape index (κ3) is 4.91. The Morgan fingerprint density at radius 1 is 1.10 bits per heavy atom. The van der Waals surface area contributed by atoms with E-state index >= 15 is 0 Å². The Hall–Kier alpha value is -2.63. The van der Waals surface area contributed by atoms with Crippen molar-refractivity contribution in [2.24, 2.45) is 0 Å². The zero-order valence-electron chi connectivity index (χ0n) is 17.1. The summed E-state index contributed by atoms with van der Waals surface area (Å²) in [7, 11) is 0. The molecule has 6 heteroatoms. The van der Waals surface area contributed by atoms with Gasteiger partial charge in [0.05, 0.1) is 6.04 Å². The Kier molecular flexibility index (Phi) is 6.50. The monoisotopic (exact) mass is 423 g/mol. The summed E-state index contributed by atoms with van der Waals surface area (Å²) in [6.45, 7) is 4.60. The van der Waals surface area contributed by atoms with E-state index in [1.54, 1.807) is 6.07 Å². The minimum Gasteiger partial charge on any atom is -0.355 e. The number of aryl methyl sites for hydroxylation is 1. The summed E-state index contributed by atoms with van der Waals surface area (Å²) >= 11 is 6.07. The molecule has 0 spiro atoms. The van der Waals surface area contributed by atoms with Gasteiger partial charge in [0, 0.05) is 23.2 Å². The first-order valence-corrected chi connectivity index (χ1v) is 10.8. The summed E-state index contributed by atoms with van der Waals surface area (Å²) in [6.07, 6.45) is 3.62. The second-order valence-electron chi connectivity index (χ2n) is 7.82. The van der Waals surface area contributed by atoms with Crippen LogP contribution < -0.4 is 5.32 Å². The lowest BCUT2D eigenvalue weighted by Crippen LogP contribution is -2.40. The number of rotatable bonds is 6. The van der Waals surface area contributed by atoms with Crippen LogP contribution in [0.4, 0.5) is 0 Å². The molecule has 1 aliphatic heterocycles. The van der Waals surface area contributed by atoms with Gasteiger partial charge in [-0.3, -0.25) is 9.69 Å². The van der Waals surface area contributed by atoms with Crippen LogP contribution in [-0.4, -0.2) is 35.6 Å². The Morgan fingerprint density at radius 3 is 2.50 bits per heavy atom. The van der Waals surface area contributed by atoms with Gasteiger partial charge in [-0.25, -0.2) is 0 Å². The molecular weight excluding hydrogens is 398 g/mol. The molecule has 1 aromatic heterocycles. The highest BCUT2D eigenvalue weighted by molar-refractivity contribution is 6.30. The van der Waals surface area contributed by atoms with Crippen molar-refractivity contribution >= 4 is 17.5 Å². The maximum atomic E-state index is 12.7. The number of benzene rings is 2. The number of amides is 1. The second kappa shape index (κ2) is 9.45. The highest BCUT2D eigenvalue weighted by atomic mass is 35.5. The van der Waals surface area contributed by atoms with Crippen LogP contribution in [0.1, 0.15) is 46.9 Å². The summed E-state index contributed by atoms with van der Waals surface area (Å²) in [6, 6.07) is 17.6. The molecule has 0 aliphatic carbocycles. The molecule has 1 amide bonds. The molecule has 0 saturated carbocycles. The number of nitrogens with one attached hydrogen (secondary N) is 1. The highest BCUT2D eigenvalue weighted by Gasteiger charge is 2.24. The first-order valence-electron chi connectivity index (χ1n) is 10.4. The average Bonchev–Trinajstić information content (AvgIpc) is 3.27. The summed E-state index contributed by atoms with van der Waals surface area (Å²) in [5.74, 6) is 0.360. The molecule has 156 valence electrons. The molecule has 0 radical (unpaired) electrons. The van der Waals surface area contributed by atoms with Crippen molar-refractivity contribution in [1.82, 2.24) is 15.4 Å². The van der Waals surface area contributed by atoms with Gasteiger partial charge < -0.3 is 9.84 Å². The van der Waals surface area contributed by atoms with Gasteiger partial charge in [-0.1, -0.05) is 65.1 Å². The van der Waals surface area contributed by atoms with E-state index in [4.69, 9.17) is 16.1 Å². The molecule has 5 nitrogen and oxygen atoms in total. The van der Waals surface area contributed by atoms with Gasteiger partial charge in [0.2, 0.25) is 0 Å². The SMILES string of the molecule is Cc1ccc(-c2cc(C(=O)NC[C@H](c3ccc(Cl)cc3)N3CCCCC3)no2)cc1. The van der Waals surface area contributed by atoms with Gasteiger partial charge in [-0.2, -0.15) is 0 Å². The predicted molar refractivity (Wildman–Crippen MR) is 119 cm³/mol. The van der Waals surface area contributed by atoms with Crippen LogP contribution >= 0.6 is 11.6 Å². The number of carbonyl (C=O) groups is 1.